The molecule has 1 rings (SSSR count). The molecule has 9 nitrogen and oxygen atoms in total. The van der Waals surface area contributed by atoms with E-state index in [0.29, 0.717) is 18.8 Å². The van der Waals surface area contributed by atoms with Gasteiger partial charge in [0, 0.05) is 25.7 Å². The van der Waals surface area contributed by atoms with E-state index in [1.54, 1.807) is 4.90 Å². The van der Waals surface area contributed by atoms with E-state index in [-0.39, 0.29) is 28.5 Å². The van der Waals surface area contributed by atoms with E-state index in [0.717, 1.165) is 0 Å². The van der Waals surface area contributed by atoms with Crippen molar-refractivity contribution < 1.29 is 27.5 Å². The first-order chi connectivity index (χ1) is 13.9. The maximum absolute atomic E-state index is 12.3. The summed E-state index contributed by atoms with van der Waals surface area (Å²) >= 11 is 0. The Morgan fingerprint density at radius 1 is 1.00 bits per heavy atom. The first kappa shape index (κ1) is 25.6. The summed E-state index contributed by atoms with van der Waals surface area (Å²) < 4.78 is 31.6. The van der Waals surface area contributed by atoms with Gasteiger partial charge in [0.25, 0.3) is 5.91 Å². The minimum atomic E-state index is -3.95. The zero-order valence-corrected chi connectivity index (χ0v) is 18.9. The molecule has 168 valence electrons. The molecule has 0 spiro atoms. The summed E-state index contributed by atoms with van der Waals surface area (Å²) in [6, 6.07) is 5.48. The predicted octanol–water partition coefficient (Wildman–Crippen LogP) is 1.61. The van der Waals surface area contributed by atoms with E-state index < -0.39 is 29.1 Å². The second-order valence-corrected chi connectivity index (χ2v) is 9.54. The molecule has 10 heteroatoms. The van der Waals surface area contributed by atoms with E-state index in [4.69, 9.17) is 4.74 Å². The minimum absolute atomic E-state index is 0.0690. The molecule has 1 aromatic carbocycles. The van der Waals surface area contributed by atoms with Gasteiger partial charge in [-0.1, -0.05) is 27.7 Å². The number of anilines is 1. The molecule has 0 unspecified atom stereocenters. The summed E-state index contributed by atoms with van der Waals surface area (Å²) in [5, 5.41) is 2.53. The maximum atomic E-state index is 12.3. The number of hydrogen-bond donors (Lipinski definition) is 2. The molecule has 0 bridgehead atoms. The number of carbonyl (C=O) groups excluding carboxylic acids is 3. The Morgan fingerprint density at radius 3 is 2.00 bits per heavy atom. The molecular weight excluding hydrogens is 410 g/mol. The fourth-order valence-corrected chi connectivity index (χ4v) is 3.57. The molecule has 0 aromatic heterocycles. The van der Waals surface area contributed by atoms with Crippen molar-refractivity contribution in [2.24, 2.45) is 11.8 Å². The number of carbonyl (C=O) groups is 3. The van der Waals surface area contributed by atoms with Crippen molar-refractivity contribution in [1.82, 2.24) is 9.62 Å². The van der Waals surface area contributed by atoms with Crippen LogP contribution in [0.25, 0.3) is 0 Å². The number of nitrogens with zero attached hydrogens (tertiary/aromatic N) is 1. The van der Waals surface area contributed by atoms with Crippen molar-refractivity contribution in [3.63, 3.8) is 0 Å². The molecule has 0 radical (unpaired) electrons. The van der Waals surface area contributed by atoms with E-state index in [1.807, 2.05) is 27.7 Å². The summed E-state index contributed by atoms with van der Waals surface area (Å²) in [5.74, 6) is -0.904. The quantitative estimate of drug-likeness (QED) is 0.503. The lowest BCUT2D eigenvalue weighted by Crippen LogP contribution is -2.40. The Balaban J connectivity index is 2.58. The number of amides is 2. The standard InChI is InChI=1S/C20H31N3O6S/c1-14(2)11-23(12-15(3)4)19(25)13-29-20(26)10-21-30(27,28)18-8-6-17(7-9-18)22-16(5)24/h6-9,14-15,21H,10-13H2,1-5H3,(H,22,24). The third-order valence-corrected chi connectivity index (χ3v) is 5.19. The molecule has 30 heavy (non-hydrogen) atoms. The normalized spacial score (nSPS) is 11.4. The van der Waals surface area contributed by atoms with Gasteiger partial charge in [-0.15, -0.1) is 0 Å². The van der Waals surface area contributed by atoms with Crippen LogP contribution in [0, 0.1) is 11.8 Å². The van der Waals surface area contributed by atoms with Crippen molar-refractivity contribution >= 4 is 33.5 Å². The molecule has 0 saturated carbocycles. The molecule has 2 amide bonds. The maximum Gasteiger partial charge on any atom is 0.321 e. The first-order valence-corrected chi connectivity index (χ1v) is 11.2. The fourth-order valence-electron chi connectivity index (χ4n) is 2.60. The third kappa shape index (κ3) is 9.36. The second kappa shape index (κ2) is 11.7. The lowest BCUT2D eigenvalue weighted by Gasteiger charge is -2.26. The molecule has 0 saturated heterocycles. The lowest BCUT2D eigenvalue weighted by atomic mass is 10.1. The van der Waals surface area contributed by atoms with Crippen LogP contribution in [0.2, 0.25) is 0 Å². The highest BCUT2D eigenvalue weighted by molar-refractivity contribution is 7.89. The van der Waals surface area contributed by atoms with Gasteiger partial charge in [0.1, 0.15) is 6.54 Å². The zero-order chi connectivity index (χ0) is 22.9. The van der Waals surface area contributed by atoms with Gasteiger partial charge in [0.15, 0.2) is 6.61 Å². The Labute approximate surface area is 178 Å². The van der Waals surface area contributed by atoms with Crippen LogP contribution < -0.4 is 10.0 Å². The van der Waals surface area contributed by atoms with Gasteiger partial charge in [-0.3, -0.25) is 14.4 Å². The van der Waals surface area contributed by atoms with Crippen LogP contribution >= 0.6 is 0 Å². The van der Waals surface area contributed by atoms with Crippen LogP contribution in [0.4, 0.5) is 5.69 Å². The summed E-state index contributed by atoms with van der Waals surface area (Å²) in [5.41, 5.74) is 0.451. The van der Waals surface area contributed by atoms with Gasteiger partial charge >= 0.3 is 5.97 Å². The van der Waals surface area contributed by atoms with Crippen LogP contribution in [0.5, 0.6) is 0 Å². The highest BCUT2D eigenvalue weighted by Crippen LogP contribution is 2.13. The topological polar surface area (TPSA) is 122 Å². The molecule has 1 aromatic rings. The number of sulfonamides is 1. The second-order valence-electron chi connectivity index (χ2n) is 7.78. The smallest absolute Gasteiger partial charge is 0.321 e. The van der Waals surface area contributed by atoms with Gasteiger partial charge in [0.05, 0.1) is 4.90 Å². The van der Waals surface area contributed by atoms with Gasteiger partial charge in [0.2, 0.25) is 15.9 Å². The minimum Gasteiger partial charge on any atom is -0.455 e. The summed E-state index contributed by atoms with van der Waals surface area (Å²) in [6.45, 7) is 9.37. The highest BCUT2D eigenvalue weighted by Gasteiger charge is 2.20. The Bertz CT molecular complexity index is 825. The Morgan fingerprint density at radius 2 is 1.53 bits per heavy atom. The number of ether oxygens (including phenoxy) is 1. The van der Waals surface area contributed by atoms with Gasteiger partial charge in [-0.25, -0.2) is 8.42 Å². The largest absolute Gasteiger partial charge is 0.455 e. The molecular formula is C20H31N3O6S. The highest BCUT2D eigenvalue weighted by atomic mass is 32.2. The van der Waals surface area contributed by atoms with E-state index in [9.17, 15) is 22.8 Å². The molecule has 2 N–H and O–H groups in total. The van der Waals surface area contributed by atoms with E-state index >= 15 is 0 Å². The molecule has 0 aliphatic rings. The molecule has 0 heterocycles. The summed E-state index contributed by atoms with van der Waals surface area (Å²) in [6.07, 6.45) is 0. The van der Waals surface area contributed by atoms with Crippen molar-refractivity contribution in [3.8, 4) is 0 Å². The molecule has 0 aliphatic carbocycles. The Hall–Kier alpha value is -2.46. The SMILES string of the molecule is CC(=O)Nc1ccc(S(=O)(=O)NCC(=O)OCC(=O)N(CC(C)C)CC(C)C)cc1. The number of nitrogens with one attached hydrogen (secondary N) is 2. The van der Waals surface area contributed by atoms with Gasteiger partial charge < -0.3 is 15.0 Å². The first-order valence-electron chi connectivity index (χ1n) is 9.71. The van der Waals surface area contributed by atoms with Crippen LogP contribution in [0.1, 0.15) is 34.6 Å². The summed E-state index contributed by atoms with van der Waals surface area (Å²) in [7, 11) is -3.95. The summed E-state index contributed by atoms with van der Waals surface area (Å²) in [4.78, 5) is 36.8. The number of rotatable bonds is 11. The lowest BCUT2D eigenvalue weighted by molar-refractivity contribution is -0.151. The van der Waals surface area contributed by atoms with Crippen LogP contribution in [-0.2, 0) is 29.1 Å². The molecule has 0 fully saturated rings. The fraction of sp³-hybridized carbons (Fsp3) is 0.550. The van der Waals surface area contributed by atoms with Gasteiger partial charge in [-0.2, -0.15) is 4.72 Å². The zero-order valence-electron chi connectivity index (χ0n) is 18.1. The average molecular weight is 442 g/mol. The number of hydrogen-bond acceptors (Lipinski definition) is 6. The van der Waals surface area contributed by atoms with Crippen molar-refractivity contribution in [1.29, 1.82) is 0 Å². The van der Waals surface area contributed by atoms with Crippen molar-refractivity contribution in [3.05, 3.63) is 24.3 Å². The van der Waals surface area contributed by atoms with E-state index in [1.165, 1.54) is 31.2 Å². The van der Waals surface area contributed by atoms with Crippen LogP contribution in [0.3, 0.4) is 0 Å². The monoisotopic (exact) mass is 441 g/mol. The van der Waals surface area contributed by atoms with E-state index in [2.05, 4.69) is 10.0 Å². The predicted molar refractivity (Wildman–Crippen MR) is 113 cm³/mol. The van der Waals surface area contributed by atoms with Crippen molar-refractivity contribution in [2.45, 2.75) is 39.5 Å². The number of esters is 1. The van der Waals surface area contributed by atoms with Crippen molar-refractivity contribution in [2.75, 3.05) is 31.6 Å². The average Bonchev–Trinajstić information content (AvgIpc) is 2.63. The Kier molecular flexibility index (Phi) is 9.94. The van der Waals surface area contributed by atoms with Crippen LogP contribution in [-0.4, -0.2) is 57.3 Å². The molecule has 0 aliphatic heterocycles. The molecule has 0 atom stereocenters. The third-order valence-electron chi connectivity index (χ3n) is 3.77. The number of benzene rings is 1. The van der Waals surface area contributed by atoms with Gasteiger partial charge in [-0.05, 0) is 36.1 Å². The van der Waals surface area contributed by atoms with Crippen LogP contribution in [0.15, 0.2) is 29.2 Å².